The summed E-state index contributed by atoms with van der Waals surface area (Å²) in [5, 5.41) is 3.13. The van der Waals surface area contributed by atoms with Crippen molar-refractivity contribution in [2.45, 2.75) is 25.3 Å². The topological polar surface area (TPSA) is 29.1 Å². The SMILES string of the molecule is O=C1CC(Cc2ccccc2)C(Cc2ccccc2)N1. The van der Waals surface area contributed by atoms with Gasteiger partial charge >= 0.3 is 0 Å². The van der Waals surface area contributed by atoms with E-state index in [1.807, 2.05) is 12.1 Å². The fraction of sp³-hybridized carbons (Fsp3) is 0.278. The van der Waals surface area contributed by atoms with Crippen LogP contribution in [0.3, 0.4) is 0 Å². The summed E-state index contributed by atoms with van der Waals surface area (Å²) >= 11 is 0. The molecule has 0 radical (unpaired) electrons. The van der Waals surface area contributed by atoms with Gasteiger partial charge in [0.25, 0.3) is 0 Å². The Bertz CT molecular complexity index is 513. The molecule has 1 aliphatic heterocycles. The van der Waals surface area contributed by atoms with Crippen molar-refractivity contribution in [1.82, 2.24) is 5.32 Å². The van der Waals surface area contributed by atoms with Gasteiger partial charge in [0.2, 0.25) is 5.91 Å². The molecule has 2 aromatic rings. The lowest BCUT2D eigenvalue weighted by Crippen LogP contribution is -2.32. The van der Waals surface area contributed by atoms with E-state index in [1.165, 1.54) is 11.1 Å². The highest BCUT2D eigenvalue weighted by atomic mass is 16.2. The van der Waals surface area contributed by atoms with Gasteiger partial charge in [-0.1, -0.05) is 60.7 Å². The minimum absolute atomic E-state index is 0.187. The molecule has 0 bridgehead atoms. The van der Waals surface area contributed by atoms with E-state index in [0.29, 0.717) is 12.3 Å². The van der Waals surface area contributed by atoms with Gasteiger partial charge in [-0.25, -0.2) is 0 Å². The largest absolute Gasteiger partial charge is 0.353 e. The Morgan fingerprint density at radius 3 is 2.00 bits per heavy atom. The van der Waals surface area contributed by atoms with Crippen LogP contribution in [0.1, 0.15) is 17.5 Å². The first-order valence-corrected chi connectivity index (χ1v) is 7.18. The zero-order chi connectivity index (χ0) is 13.8. The van der Waals surface area contributed by atoms with Crippen LogP contribution in [0.4, 0.5) is 0 Å². The number of benzene rings is 2. The lowest BCUT2D eigenvalue weighted by atomic mass is 9.89. The van der Waals surface area contributed by atoms with Crippen LogP contribution in [-0.2, 0) is 17.6 Å². The predicted octanol–water partition coefficient (Wildman–Crippen LogP) is 2.98. The van der Waals surface area contributed by atoms with Crippen molar-refractivity contribution >= 4 is 5.91 Å². The maximum Gasteiger partial charge on any atom is 0.220 e. The van der Waals surface area contributed by atoms with Gasteiger partial charge in [-0.3, -0.25) is 4.79 Å². The highest BCUT2D eigenvalue weighted by molar-refractivity contribution is 5.79. The van der Waals surface area contributed by atoms with Gasteiger partial charge in [0.05, 0.1) is 0 Å². The zero-order valence-electron chi connectivity index (χ0n) is 11.5. The van der Waals surface area contributed by atoms with Crippen molar-refractivity contribution in [2.24, 2.45) is 5.92 Å². The molecular weight excluding hydrogens is 246 g/mol. The van der Waals surface area contributed by atoms with Crippen molar-refractivity contribution < 1.29 is 4.79 Å². The average molecular weight is 265 g/mol. The Hall–Kier alpha value is -2.09. The molecule has 0 spiro atoms. The zero-order valence-corrected chi connectivity index (χ0v) is 11.5. The van der Waals surface area contributed by atoms with Crippen LogP contribution in [-0.4, -0.2) is 11.9 Å². The molecule has 1 N–H and O–H groups in total. The lowest BCUT2D eigenvalue weighted by molar-refractivity contribution is -0.119. The summed E-state index contributed by atoms with van der Waals surface area (Å²) in [6.07, 6.45) is 2.54. The molecule has 0 saturated carbocycles. The third kappa shape index (κ3) is 3.08. The normalized spacial score (nSPS) is 21.7. The van der Waals surface area contributed by atoms with E-state index in [2.05, 4.69) is 53.8 Å². The Morgan fingerprint density at radius 2 is 1.40 bits per heavy atom. The summed E-state index contributed by atoms with van der Waals surface area (Å²) < 4.78 is 0. The molecule has 0 aliphatic carbocycles. The van der Waals surface area contributed by atoms with Gasteiger partial charge in [0, 0.05) is 12.5 Å². The van der Waals surface area contributed by atoms with Gasteiger partial charge in [-0.05, 0) is 29.9 Å². The van der Waals surface area contributed by atoms with Crippen molar-refractivity contribution in [1.29, 1.82) is 0 Å². The van der Waals surface area contributed by atoms with Crippen LogP contribution in [0.2, 0.25) is 0 Å². The Morgan fingerprint density at radius 1 is 0.850 bits per heavy atom. The highest BCUT2D eigenvalue weighted by Gasteiger charge is 2.32. The first kappa shape index (κ1) is 12.9. The smallest absolute Gasteiger partial charge is 0.220 e. The molecule has 1 amide bonds. The highest BCUT2D eigenvalue weighted by Crippen LogP contribution is 2.24. The molecule has 1 fully saturated rings. The summed E-state index contributed by atoms with van der Waals surface area (Å²) in [6.45, 7) is 0. The minimum atomic E-state index is 0.187. The fourth-order valence-corrected chi connectivity index (χ4v) is 2.98. The second kappa shape index (κ2) is 5.91. The molecular formula is C18H19NO. The van der Waals surface area contributed by atoms with Crippen LogP contribution >= 0.6 is 0 Å². The second-order valence-electron chi connectivity index (χ2n) is 5.52. The molecule has 2 heteroatoms. The maximum atomic E-state index is 11.7. The van der Waals surface area contributed by atoms with Crippen LogP contribution in [0.15, 0.2) is 60.7 Å². The lowest BCUT2D eigenvalue weighted by Gasteiger charge is -2.19. The molecule has 2 unspecified atom stereocenters. The quantitative estimate of drug-likeness (QED) is 0.904. The van der Waals surface area contributed by atoms with Gasteiger partial charge < -0.3 is 5.32 Å². The fourth-order valence-electron chi connectivity index (χ4n) is 2.98. The van der Waals surface area contributed by atoms with Gasteiger partial charge in [0.1, 0.15) is 0 Å². The van der Waals surface area contributed by atoms with Crippen molar-refractivity contribution in [3.63, 3.8) is 0 Å². The van der Waals surface area contributed by atoms with E-state index in [-0.39, 0.29) is 11.9 Å². The van der Waals surface area contributed by atoms with Crippen LogP contribution < -0.4 is 5.32 Å². The first-order chi connectivity index (χ1) is 9.81. The Labute approximate surface area is 119 Å². The maximum absolute atomic E-state index is 11.7. The number of carbonyl (C=O) groups is 1. The van der Waals surface area contributed by atoms with E-state index in [4.69, 9.17) is 0 Å². The molecule has 102 valence electrons. The number of amides is 1. The van der Waals surface area contributed by atoms with E-state index >= 15 is 0 Å². The van der Waals surface area contributed by atoms with Gasteiger partial charge in [-0.2, -0.15) is 0 Å². The Balaban J connectivity index is 1.70. The molecule has 2 aromatic carbocycles. The molecule has 3 rings (SSSR count). The minimum Gasteiger partial charge on any atom is -0.353 e. The molecule has 20 heavy (non-hydrogen) atoms. The number of rotatable bonds is 4. The van der Waals surface area contributed by atoms with Gasteiger partial charge in [-0.15, -0.1) is 0 Å². The van der Waals surface area contributed by atoms with Crippen LogP contribution in [0, 0.1) is 5.92 Å². The van der Waals surface area contributed by atoms with E-state index in [9.17, 15) is 4.79 Å². The molecule has 1 heterocycles. The van der Waals surface area contributed by atoms with E-state index < -0.39 is 0 Å². The number of carbonyl (C=O) groups excluding carboxylic acids is 1. The van der Waals surface area contributed by atoms with Crippen LogP contribution in [0.25, 0.3) is 0 Å². The Kier molecular flexibility index (Phi) is 3.82. The number of hydrogen-bond acceptors (Lipinski definition) is 1. The molecule has 1 saturated heterocycles. The standard InChI is InChI=1S/C18H19NO/c20-18-13-16(11-14-7-3-1-4-8-14)17(19-18)12-15-9-5-2-6-10-15/h1-10,16-17H,11-13H2,(H,19,20). The predicted molar refractivity (Wildman–Crippen MR) is 80.3 cm³/mol. The monoisotopic (exact) mass is 265 g/mol. The summed E-state index contributed by atoms with van der Waals surface area (Å²) in [5.41, 5.74) is 2.60. The summed E-state index contributed by atoms with van der Waals surface area (Å²) in [6, 6.07) is 21.1. The third-order valence-corrected chi connectivity index (χ3v) is 4.00. The second-order valence-corrected chi connectivity index (χ2v) is 5.52. The van der Waals surface area contributed by atoms with Crippen molar-refractivity contribution in [3.05, 3.63) is 71.8 Å². The van der Waals surface area contributed by atoms with E-state index in [0.717, 1.165) is 12.8 Å². The first-order valence-electron chi connectivity index (χ1n) is 7.18. The van der Waals surface area contributed by atoms with Crippen LogP contribution in [0.5, 0.6) is 0 Å². The number of hydrogen-bond donors (Lipinski definition) is 1. The molecule has 1 aliphatic rings. The van der Waals surface area contributed by atoms with E-state index in [1.54, 1.807) is 0 Å². The summed E-state index contributed by atoms with van der Waals surface area (Å²) in [7, 11) is 0. The van der Waals surface area contributed by atoms with Crippen molar-refractivity contribution in [3.8, 4) is 0 Å². The molecule has 0 aromatic heterocycles. The van der Waals surface area contributed by atoms with Crippen molar-refractivity contribution in [2.75, 3.05) is 0 Å². The third-order valence-electron chi connectivity index (χ3n) is 4.00. The molecule has 2 atom stereocenters. The summed E-state index contributed by atoms with van der Waals surface area (Å²) in [5.74, 6) is 0.581. The average Bonchev–Trinajstić information content (AvgIpc) is 2.81. The van der Waals surface area contributed by atoms with Gasteiger partial charge in [0.15, 0.2) is 0 Å². The molecule has 2 nitrogen and oxygen atoms in total. The summed E-state index contributed by atoms with van der Waals surface area (Å²) in [4.78, 5) is 11.7. The number of nitrogens with one attached hydrogen (secondary N) is 1.